The fourth-order valence-electron chi connectivity index (χ4n) is 5.44. The largest absolute Gasteiger partial charge is 0.446 e. The molecule has 2 fully saturated rings. The first-order valence-corrected chi connectivity index (χ1v) is 12.2. The van der Waals surface area contributed by atoms with Crippen molar-refractivity contribution in [2.45, 2.75) is 82.8 Å². The molecule has 0 amide bonds. The summed E-state index contributed by atoms with van der Waals surface area (Å²) < 4.78 is 7.56. The van der Waals surface area contributed by atoms with Crippen LogP contribution in [0.4, 0.5) is 5.95 Å². The lowest BCUT2D eigenvalue weighted by atomic mass is 9.91. The molecule has 2 aliphatic carbocycles. The molecule has 176 valence electrons. The number of aryl methyl sites for hydroxylation is 1. The van der Waals surface area contributed by atoms with Crippen molar-refractivity contribution < 1.29 is 4.42 Å². The molecule has 2 aliphatic rings. The Morgan fingerprint density at radius 3 is 2.52 bits per heavy atom. The van der Waals surface area contributed by atoms with Gasteiger partial charge in [0.1, 0.15) is 11.4 Å². The van der Waals surface area contributed by atoms with Gasteiger partial charge in [0.05, 0.1) is 12.6 Å². The van der Waals surface area contributed by atoms with E-state index in [-0.39, 0.29) is 11.6 Å². The molecule has 3 aromatic heterocycles. The third kappa shape index (κ3) is 4.67. The highest BCUT2D eigenvalue weighted by molar-refractivity contribution is 5.76. The van der Waals surface area contributed by atoms with Crippen LogP contribution in [0, 0.1) is 6.92 Å². The zero-order valence-corrected chi connectivity index (χ0v) is 19.9. The normalized spacial score (nSPS) is 21.8. The van der Waals surface area contributed by atoms with Crippen molar-refractivity contribution in [1.82, 2.24) is 24.4 Å². The monoisotopic (exact) mass is 450 g/mol. The summed E-state index contributed by atoms with van der Waals surface area (Å²) >= 11 is 0. The minimum Gasteiger partial charge on any atom is -0.446 e. The molecule has 3 heterocycles. The van der Waals surface area contributed by atoms with Crippen molar-refractivity contribution in [2.24, 2.45) is 0 Å². The predicted octanol–water partition coefficient (Wildman–Crippen LogP) is 4.08. The van der Waals surface area contributed by atoms with Gasteiger partial charge in [0, 0.05) is 35.3 Å². The minimum absolute atomic E-state index is 0.0152. The van der Waals surface area contributed by atoms with Crippen LogP contribution in [0.15, 0.2) is 27.7 Å². The molecule has 0 spiro atoms. The topological polar surface area (TPSA) is 89.1 Å². The van der Waals surface area contributed by atoms with Gasteiger partial charge in [-0.15, -0.1) is 0 Å². The quantitative estimate of drug-likeness (QED) is 0.605. The Morgan fingerprint density at radius 2 is 1.85 bits per heavy atom. The van der Waals surface area contributed by atoms with Gasteiger partial charge < -0.3 is 14.6 Å². The van der Waals surface area contributed by atoms with Crippen LogP contribution in [0.2, 0.25) is 0 Å². The van der Waals surface area contributed by atoms with E-state index in [1.807, 2.05) is 23.8 Å². The summed E-state index contributed by atoms with van der Waals surface area (Å²) in [7, 11) is 4.31. The maximum absolute atomic E-state index is 13.6. The van der Waals surface area contributed by atoms with E-state index in [0.717, 1.165) is 55.3 Å². The van der Waals surface area contributed by atoms with Crippen LogP contribution in [0.3, 0.4) is 0 Å². The van der Waals surface area contributed by atoms with E-state index in [1.54, 1.807) is 6.20 Å². The van der Waals surface area contributed by atoms with E-state index in [9.17, 15) is 4.79 Å². The van der Waals surface area contributed by atoms with Crippen LogP contribution >= 0.6 is 0 Å². The smallest absolute Gasteiger partial charge is 0.256 e. The second-order valence-corrected chi connectivity index (χ2v) is 9.91. The summed E-state index contributed by atoms with van der Waals surface area (Å²) in [6.07, 6.45) is 12.8. The van der Waals surface area contributed by atoms with Gasteiger partial charge in [0.25, 0.3) is 5.56 Å². The van der Waals surface area contributed by atoms with Crippen LogP contribution in [0.25, 0.3) is 11.0 Å². The summed E-state index contributed by atoms with van der Waals surface area (Å²) in [5.74, 6) is 1.94. The molecular weight excluding hydrogens is 416 g/mol. The SMILES string of the molecule is Cc1cnc(Cc2cc3cnc(NC4CCC(N(C)C)CC4)nc3n(C3CCCC3)c2=O)o1. The summed E-state index contributed by atoms with van der Waals surface area (Å²) in [5, 5.41) is 4.44. The van der Waals surface area contributed by atoms with Gasteiger partial charge in [-0.1, -0.05) is 12.8 Å². The van der Waals surface area contributed by atoms with Gasteiger partial charge in [-0.3, -0.25) is 9.36 Å². The highest BCUT2D eigenvalue weighted by Crippen LogP contribution is 2.31. The summed E-state index contributed by atoms with van der Waals surface area (Å²) in [4.78, 5) is 29.7. The Labute approximate surface area is 194 Å². The second-order valence-electron chi connectivity index (χ2n) is 9.91. The molecule has 3 aromatic rings. The third-order valence-electron chi connectivity index (χ3n) is 7.31. The molecule has 0 radical (unpaired) electrons. The van der Waals surface area contributed by atoms with Crippen LogP contribution in [-0.2, 0) is 6.42 Å². The number of anilines is 1. The van der Waals surface area contributed by atoms with E-state index in [2.05, 4.69) is 34.3 Å². The number of pyridine rings is 1. The van der Waals surface area contributed by atoms with Crippen molar-refractivity contribution in [3.8, 4) is 0 Å². The number of nitrogens with one attached hydrogen (secondary N) is 1. The maximum Gasteiger partial charge on any atom is 0.256 e. The number of rotatable bonds is 6. The summed E-state index contributed by atoms with van der Waals surface area (Å²) in [6.45, 7) is 1.86. The van der Waals surface area contributed by atoms with E-state index in [4.69, 9.17) is 9.40 Å². The molecule has 0 saturated heterocycles. The molecule has 8 heteroatoms. The number of hydrogen-bond acceptors (Lipinski definition) is 7. The number of hydrogen-bond donors (Lipinski definition) is 1. The van der Waals surface area contributed by atoms with Crippen LogP contribution < -0.4 is 10.9 Å². The first-order chi connectivity index (χ1) is 16.0. The lowest BCUT2D eigenvalue weighted by Gasteiger charge is -2.33. The third-order valence-corrected chi connectivity index (χ3v) is 7.31. The molecule has 1 N–H and O–H groups in total. The van der Waals surface area contributed by atoms with Crippen molar-refractivity contribution in [2.75, 3.05) is 19.4 Å². The van der Waals surface area contributed by atoms with Gasteiger partial charge in [0.2, 0.25) is 5.95 Å². The summed E-state index contributed by atoms with van der Waals surface area (Å²) in [5.41, 5.74) is 1.43. The molecule has 0 bridgehead atoms. The second kappa shape index (κ2) is 9.25. The van der Waals surface area contributed by atoms with E-state index < -0.39 is 0 Å². The van der Waals surface area contributed by atoms with Crippen molar-refractivity contribution in [1.29, 1.82) is 0 Å². The summed E-state index contributed by atoms with van der Waals surface area (Å²) in [6, 6.07) is 3.12. The molecule has 33 heavy (non-hydrogen) atoms. The minimum atomic E-state index is 0.0152. The van der Waals surface area contributed by atoms with Crippen molar-refractivity contribution in [3.63, 3.8) is 0 Å². The Balaban J connectivity index is 1.46. The molecule has 0 unspecified atom stereocenters. The lowest BCUT2D eigenvalue weighted by Crippen LogP contribution is -2.36. The number of nitrogens with zero attached hydrogens (tertiary/aromatic N) is 5. The van der Waals surface area contributed by atoms with Crippen molar-refractivity contribution >= 4 is 17.0 Å². The lowest BCUT2D eigenvalue weighted by molar-refractivity contribution is 0.221. The molecule has 5 rings (SSSR count). The zero-order valence-electron chi connectivity index (χ0n) is 19.9. The predicted molar refractivity (Wildman–Crippen MR) is 129 cm³/mol. The Bertz CT molecular complexity index is 1170. The van der Waals surface area contributed by atoms with Gasteiger partial charge in [-0.25, -0.2) is 9.97 Å². The van der Waals surface area contributed by atoms with E-state index in [0.29, 0.717) is 35.9 Å². The fourth-order valence-corrected chi connectivity index (χ4v) is 5.44. The van der Waals surface area contributed by atoms with Gasteiger partial charge >= 0.3 is 0 Å². The highest BCUT2D eigenvalue weighted by atomic mass is 16.4. The molecule has 2 saturated carbocycles. The van der Waals surface area contributed by atoms with Gasteiger partial charge in [0.15, 0.2) is 5.89 Å². The Hall–Kier alpha value is -2.74. The number of aromatic nitrogens is 4. The highest BCUT2D eigenvalue weighted by Gasteiger charge is 2.25. The average molecular weight is 451 g/mol. The zero-order chi connectivity index (χ0) is 22.9. The van der Waals surface area contributed by atoms with Crippen LogP contribution in [-0.4, -0.2) is 50.6 Å². The standard InChI is InChI=1S/C25H34N6O2/c1-16-14-26-22(33-16)13-17-12-18-15-27-25(28-19-8-10-20(11-9-19)30(2)3)29-23(18)31(24(17)32)21-6-4-5-7-21/h12,14-15,19-21H,4-11,13H2,1-3H3,(H,27,28,29). The van der Waals surface area contributed by atoms with Gasteiger partial charge in [-0.2, -0.15) is 4.98 Å². The Morgan fingerprint density at radius 1 is 1.09 bits per heavy atom. The first kappa shape index (κ1) is 22.1. The average Bonchev–Trinajstić information content (AvgIpc) is 3.47. The van der Waals surface area contributed by atoms with Crippen molar-refractivity contribution in [3.05, 3.63) is 46.0 Å². The first-order valence-electron chi connectivity index (χ1n) is 12.2. The molecule has 0 aromatic carbocycles. The molecule has 8 nitrogen and oxygen atoms in total. The van der Waals surface area contributed by atoms with Gasteiger partial charge in [-0.05, 0) is 65.6 Å². The molecule has 0 atom stereocenters. The van der Waals surface area contributed by atoms with E-state index >= 15 is 0 Å². The number of oxazole rings is 1. The molecule has 0 aliphatic heterocycles. The fraction of sp³-hybridized carbons (Fsp3) is 0.600. The maximum atomic E-state index is 13.6. The van der Waals surface area contributed by atoms with Crippen LogP contribution in [0.1, 0.15) is 74.6 Å². The molecular formula is C25H34N6O2. The Kier molecular flexibility index (Phi) is 6.19. The van der Waals surface area contributed by atoms with E-state index in [1.165, 1.54) is 12.8 Å². The number of fused-ring (bicyclic) bond motifs is 1. The van der Waals surface area contributed by atoms with Crippen LogP contribution in [0.5, 0.6) is 0 Å².